The van der Waals surface area contributed by atoms with E-state index in [-0.39, 0.29) is 62.9 Å². The molecule has 1 aromatic rings. The maximum Gasteiger partial charge on any atom is 1.00 e. The molecule has 0 nitrogen and oxygen atoms in total. The normalized spacial score (nSPS) is 11.5. The molecule has 0 radical (unpaired) electrons. The standard InChI is InChI=1S/C8H5BF5.K/c10-7-3-6(4-8(11)5-7)1-2-9(12,13)14;/h1-5H;/q-1;+1/b2-1+;. The van der Waals surface area contributed by atoms with E-state index >= 15 is 0 Å². The van der Waals surface area contributed by atoms with Gasteiger partial charge in [-0.15, -0.1) is 5.98 Å². The molecule has 0 aliphatic carbocycles. The molecule has 76 valence electrons. The molecule has 0 unspecified atom stereocenters. The first kappa shape index (κ1) is 15.3. The molecule has 0 aliphatic rings. The van der Waals surface area contributed by atoms with Crippen LogP contribution in [0.1, 0.15) is 5.56 Å². The van der Waals surface area contributed by atoms with Crippen LogP contribution in [0, 0.1) is 11.6 Å². The van der Waals surface area contributed by atoms with Gasteiger partial charge < -0.3 is 12.9 Å². The quantitative estimate of drug-likeness (QED) is 0.522. The summed E-state index contributed by atoms with van der Waals surface area (Å²) in [5, 5.41) is 0. The Morgan fingerprint density at radius 2 is 1.40 bits per heavy atom. The van der Waals surface area contributed by atoms with Crippen LogP contribution in [0.5, 0.6) is 0 Å². The molecule has 0 heterocycles. The van der Waals surface area contributed by atoms with E-state index in [1.165, 1.54) is 0 Å². The van der Waals surface area contributed by atoms with Crippen molar-refractivity contribution in [3.8, 4) is 0 Å². The van der Waals surface area contributed by atoms with Crippen molar-refractivity contribution in [2.24, 2.45) is 0 Å². The first-order valence-electron chi connectivity index (χ1n) is 3.72. The van der Waals surface area contributed by atoms with E-state index in [0.29, 0.717) is 12.1 Å². The van der Waals surface area contributed by atoms with Gasteiger partial charge in [0.25, 0.3) is 0 Å². The molecular formula is C8H5BF5K. The minimum Gasteiger partial charge on any atom is -0.445 e. The van der Waals surface area contributed by atoms with Crippen LogP contribution in [-0.2, 0) is 0 Å². The van der Waals surface area contributed by atoms with Gasteiger partial charge in [0.15, 0.2) is 0 Å². The molecule has 15 heavy (non-hydrogen) atoms. The molecule has 0 aliphatic heterocycles. The number of hydrogen-bond acceptors (Lipinski definition) is 0. The monoisotopic (exact) mass is 246 g/mol. The summed E-state index contributed by atoms with van der Waals surface area (Å²) in [6.45, 7) is -5.08. The largest absolute Gasteiger partial charge is 1.00 e. The van der Waals surface area contributed by atoms with Crippen molar-refractivity contribution in [2.45, 2.75) is 0 Å². The van der Waals surface area contributed by atoms with Gasteiger partial charge in [0.05, 0.1) is 0 Å². The van der Waals surface area contributed by atoms with Crippen LogP contribution in [0.15, 0.2) is 24.2 Å². The third kappa shape index (κ3) is 6.47. The number of benzene rings is 1. The summed E-state index contributed by atoms with van der Waals surface area (Å²) in [6, 6.07) is 2.23. The van der Waals surface area contributed by atoms with E-state index in [1.54, 1.807) is 0 Å². The first-order valence-corrected chi connectivity index (χ1v) is 3.72. The molecule has 0 bridgehead atoms. The summed E-state index contributed by atoms with van der Waals surface area (Å²) >= 11 is 0. The maximum atomic E-state index is 12.5. The predicted molar refractivity (Wildman–Crippen MR) is 44.5 cm³/mol. The van der Waals surface area contributed by atoms with E-state index in [4.69, 9.17) is 0 Å². The third-order valence-corrected chi connectivity index (χ3v) is 1.39. The van der Waals surface area contributed by atoms with Gasteiger partial charge in [-0.3, -0.25) is 0 Å². The molecule has 1 aromatic carbocycles. The number of hydrogen-bond donors (Lipinski definition) is 0. The molecule has 0 saturated carbocycles. The smallest absolute Gasteiger partial charge is 0.445 e. The Balaban J connectivity index is 0.00000196. The molecule has 0 spiro atoms. The van der Waals surface area contributed by atoms with E-state index in [2.05, 4.69) is 0 Å². The SMILES string of the molecule is Fc1cc(F)cc(/C=C/[B-](F)(F)F)c1.[K+]. The Kier molecular flexibility index (Phi) is 6.27. The summed E-state index contributed by atoms with van der Waals surface area (Å²) in [4.78, 5) is 0. The van der Waals surface area contributed by atoms with E-state index < -0.39 is 18.6 Å². The van der Waals surface area contributed by atoms with Crippen LogP contribution in [0.4, 0.5) is 21.7 Å². The molecule has 1 rings (SSSR count). The molecule has 0 N–H and O–H groups in total. The van der Waals surface area contributed by atoms with E-state index in [1.807, 2.05) is 0 Å². The average Bonchev–Trinajstić information content (AvgIpc) is 1.97. The van der Waals surface area contributed by atoms with Crippen molar-refractivity contribution in [1.82, 2.24) is 0 Å². The topological polar surface area (TPSA) is 0 Å². The zero-order valence-corrected chi connectivity index (χ0v) is 11.0. The van der Waals surface area contributed by atoms with Gasteiger partial charge in [0, 0.05) is 6.07 Å². The van der Waals surface area contributed by atoms with Crippen LogP contribution in [-0.4, -0.2) is 6.98 Å². The number of halogens is 5. The Morgan fingerprint density at radius 3 is 1.80 bits per heavy atom. The second kappa shape index (κ2) is 6.15. The van der Waals surface area contributed by atoms with E-state index in [0.717, 1.165) is 12.1 Å². The van der Waals surface area contributed by atoms with Crippen LogP contribution < -0.4 is 51.4 Å². The first-order chi connectivity index (χ1) is 6.37. The van der Waals surface area contributed by atoms with Crippen LogP contribution in [0.25, 0.3) is 6.08 Å². The fourth-order valence-corrected chi connectivity index (χ4v) is 0.892. The third-order valence-electron chi connectivity index (χ3n) is 1.39. The summed E-state index contributed by atoms with van der Waals surface area (Å²) in [5.41, 5.74) is -0.151. The zero-order valence-electron chi connectivity index (χ0n) is 7.85. The summed E-state index contributed by atoms with van der Waals surface area (Å²) in [6.07, 6.45) is 0.631. The van der Waals surface area contributed by atoms with Crippen molar-refractivity contribution >= 4 is 13.1 Å². The summed E-state index contributed by atoms with van der Waals surface area (Å²) in [5.74, 6) is -1.83. The van der Waals surface area contributed by atoms with Crippen molar-refractivity contribution in [3.63, 3.8) is 0 Å². The van der Waals surface area contributed by atoms with Gasteiger partial charge in [-0.2, -0.15) is 0 Å². The molecule has 0 saturated heterocycles. The van der Waals surface area contributed by atoms with Gasteiger partial charge in [0.1, 0.15) is 11.6 Å². The van der Waals surface area contributed by atoms with Crippen molar-refractivity contribution < 1.29 is 73.1 Å². The van der Waals surface area contributed by atoms with Crippen molar-refractivity contribution in [2.75, 3.05) is 0 Å². The zero-order chi connectivity index (χ0) is 10.8. The van der Waals surface area contributed by atoms with Gasteiger partial charge in [0.2, 0.25) is 0 Å². The fourth-order valence-electron chi connectivity index (χ4n) is 0.892. The van der Waals surface area contributed by atoms with Crippen LogP contribution in [0.3, 0.4) is 0 Å². The minimum absolute atomic E-state index is 0. The Bertz CT molecular complexity index is 340. The van der Waals surface area contributed by atoms with Gasteiger partial charge in [-0.05, 0) is 17.7 Å². The van der Waals surface area contributed by atoms with E-state index in [9.17, 15) is 21.7 Å². The predicted octanol–water partition coefficient (Wildman–Crippen LogP) is 0.369. The summed E-state index contributed by atoms with van der Waals surface area (Å²) in [7, 11) is 0. The molecular weight excluding hydrogens is 241 g/mol. The summed E-state index contributed by atoms with van der Waals surface area (Å²) < 4.78 is 60.2. The Hall–Kier alpha value is 0.311. The molecule has 0 amide bonds. The molecule has 0 fully saturated rings. The molecule has 7 heteroatoms. The second-order valence-corrected chi connectivity index (χ2v) is 2.69. The maximum absolute atomic E-state index is 12.5. The number of rotatable bonds is 2. The van der Waals surface area contributed by atoms with Crippen LogP contribution >= 0.6 is 0 Å². The molecule has 0 aromatic heterocycles. The van der Waals surface area contributed by atoms with Gasteiger partial charge in [-0.25, -0.2) is 8.78 Å². The van der Waals surface area contributed by atoms with Gasteiger partial charge in [-0.1, -0.05) is 6.08 Å². The minimum atomic E-state index is -5.08. The Morgan fingerprint density at radius 1 is 0.933 bits per heavy atom. The fraction of sp³-hybridized carbons (Fsp3) is 0. The van der Waals surface area contributed by atoms with Crippen molar-refractivity contribution in [1.29, 1.82) is 0 Å². The average molecular weight is 246 g/mol. The van der Waals surface area contributed by atoms with Crippen LogP contribution in [0.2, 0.25) is 0 Å². The van der Waals surface area contributed by atoms with Gasteiger partial charge >= 0.3 is 58.4 Å². The second-order valence-electron chi connectivity index (χ2n) is 2.69. The molecule has 0 atom stereocenters. The van der Waals surface area contributed by atoms with Crippen molar-refractivity contribution in [3.05, 3.63) is 41.4 Å². The Labute approximate surface area is 126 Å².